The van der Waals surface area contributed by atoms with Gasteiger partial charge < -0.3 is 19.9 Å². The van der Waals surface area contributed by atoms with E-state index in [9.17, 15) is 9.59 Å². The van der Waals surface area contributed by atoms with Crippen molar-refractivity contribution >= 4 is 17.8 Å². The Labute approximate surface area is 103 Å². The Morgan fingerprint density at radius 3 is 2.67 bits per heavy atom. The zero-order valence-corrected chi connectivity index (χ0v) is 9.91. The summed E-state index contributed by atoms with van der Waals surface area (Å²) >= 11 is 0. The van der Waals surface area contributed by atoms with E-state index in [-0.39, 0.29) is 11.5 Å². The minimum absolute atomic E-state index is 0.0101. The third-order valence-corrected chi connectivity index (χ3v) is 2.02. The van der Waals surface area contributed by atoms with Crippen LogP contribution < -0.4 is 5.32 Å². The smallest absolute Gasteiger partial charge is 0.358 e. The number of methoxy groups -OCH3 is 2. The molecule has 1 aromatic rings. The molecule has 2 N–H and O–H groups in total. The fourth-order valence-electron chi connectivity index (χ4n) is 1.14. The number of nitrogens with one attached hydrogen (secondary N) is 1. The van der Waals surface area contributed by atoms with Crippen LogP contribution in [-0.4, -0.2) is 53.9 Å². The number of esters is 2. The zero-order chi connectivity index (χ0) is 13.5. The lowest BCUT2D eigenvalue weighted by Gasteiger charge is -2.14. The number of anilines is 1. The highest BCUT2D eigenvalue weighted by Gasteiger charge is 2.19. The number of rotatable bonds is 5. The molecule has 8 heteroatoms. The Morgan fingerprint density at radius 2 is 2.11 bits per heavy atom. The minimum atomic E-state index is -0.975. The highest BCUT2D eigenvalue weighted by Crippen LogP contribution is 2.06. The minimum Gasteiger partial charge on any atom is -0.467 e. The quantitative estimate of drug-likeness (QED) is 0.658. The molecule has 0 aromatic carbocycles. The monoisotopic (exact) mass is 255 g/mol. The number of nitrogens with zero attached hydrogens (tertiary/aromatic N) is 2. The maximum Gasteiger partial charge on any atom is 0.358 e. The molecule has 0 amide bonds. The van der Waals surface area contributed by atoms with E-state index in [1.165, 1.54) is 26.6 Å². The van der Waals surface area contributed by atoms with Gasteiger partial charge in [-0.05, 0) is 0 Å². The molecule has 1 rings (SSSR count). The van der Waals surface area contributed by atoms with E-state index in [0.717, 1.165) is 0 Å². The highest BCUT2D eigenvalue weighted by atomic mass is 16.5. The summed E-state index contributed by atoms with van der Waals surface area (Å²) in [5, 5.41) is 11.6. The van der Waals surface area contributed by atoms with Crippen LogP contribution in [0.5, 0.6) is 0 Å². The lowest BCUT2D eigenvalue weighted by atomic mass is 10.3. The SMILES string of the molecule is COC(=O)c1cncc(NC(CO)C(=O)OC)n1. The van der Waals surface area contributed by atoms with Gasteiger partial charge in [-0.1, -0.05) is 0 Å². The molecule has 0 aliphatic carbocycles. The van der Waals surface area contributed by atoms with Crippen LogP contribution in [0.2, 0.25) is 0 Å². The molecule has 0 spiro atoms. The molecule has 0 aliphatic heterocycles. The first-order chi connectivity index (χ1) is 8.62. The number of ether oxygens (including phenoxy) is 2. The normalized spacial score (nSPS) is 11.5. The predicted molar refractivity (Wildman–Crippen MR) is 59.9 cm³/mol. The molecule has 0 saturated heterocycles. The molecule has 18 heavy (non-hydrogen) atoms. The van der Waals surface area contributed by atoms with Crippen molar-refractivity contribution in [3.8, 4) is 0 Å². The van der Waals surface area contributed by atoms with Crippen LogP contribution in [0, 0.1) is 0 Å². The molecule has 1 aromatic heterocycles. The van der Waals surface area contributed by atoms with Crippen molar-refractivity contribution in [3.05, 3.63) is 18.1 Å². The van der Waals surface area contributed by atoms with Crippen molar-refractivity contribution in [2.75, 3.05) is 26.1 Å². The number of hydrogen-bond acceptors (Lipinski definition) is 8. The summed E-state index contributed by atoms with van der Waals surface area (Å²) < 4.78 is 8.95. The third kappa shape index (κ3) is 3.39. The lowest BCUT2D eigenvalue weighted by Crippen LogP contribution is -2.34. The second-order valence-corrected chi connectivity index (χ2v) is 3.18. The fraction of sp³-hybridized carbons (Fsp3) is 0.400. The van der Waals surface area contributed by atoms with Gasteiger partial charge in [-0.3, -0.25) is 4.98 Å². The van der Waals surface area contributed by atoms with E-state index in [1.807, 2.05) is 0 Å². The number of aromatic nitrogens is 2. The van der Waals surface area contributed by atoms with Gasteiger partial charge in [0.1, 0.15) is 11.9 Å². The predicted octanol–water partition coefficient (Wildman–Crippen LogP) is -0.791. The second-order valence-electron chi connectivity index (χ2n) is 3.18. The Bertz CT molecular complexity index is 437. The van der Waals surface area contributed by atoms with Crippen LogP contribution in [-0.2, 0) is 14.3 Å². The summed E-state index contributed by atoms with van der Waals surface area (Å²) in [6, 6.07) is -0.975. The zero-order valence-electron chi connectivity index (χ0n) is 9.91. The van der Waals surface area contributed by atoms with Crippen LogP contribution in [0.15, 0.2) is 12.4 Å². The number of aliphatic hydroxyl groups is 1. The molecule has 1 heterocycles. The topological polar surface area (TPSA) is 111 Å². The third-order valence-electron chi connectivity index (χ3n) is 2.02. The molecule has 1 unspecified atom stereocenters. The maximum atomic E-state index is 11.2. The summed E-state index contributed by atoms with van der Waals surface area (Å²) in [6.07, 6.45) is 2.53. The van der Waals surface area contributed by atoms with Crippen LogP contribution in [0.4, 0.5) is 5.82 Å². The average molecular weight is 255 g/mol. The van der Waals surface area contributed by atoms with Gasteiger partial charge in [0.2, 0.25) is 0 Å². The summed E-state index contributed by atoms with van der Waals surface area (Å²) in [7, 11) is 2.41. The number of hydrogen-bond donors (Lipinski definition) is 2. The standard InChI is InChI=1S/C10H13N3O5/c1-17-9(15)6-3-11-4-8(12-6)13-7(5-14)10(16)18-2/h3-4,7,14H,5H2,1-2H3,(H,12,13). The van der Waals surface area contributed by atoms with Crippen molar-refractivity contribution in [3.63, 3.8) is 0 Å². The first-order valence-electron chi connectivity index (χ1n) is 4.98. The van der Waals surface area contributed by atoms with Crippen LogP contribution in [0.1, 0.15) is 10.5 Å². The molecule has 0 aliphatic rings. The van der Waals surface area contributed by atoms with Crippen molar-refractivity contribution in [1.82, 2.24) is 9.97 Å². The number of carbonyl (C=O) groups is 2. The summed E-state index contributed by atoms with van der Waals surface area (Å²) in [5.74, 6) is -1.14. The van der Waals surface area contributed by atoms with Gasteiger partial charge in [-0.2, -0.15) is 0 Å². The van der Waals surface area contributed by atoms with Crippen LogP contribution in [0.3, 0.4) is 0 Å². The summed E-state index contributed by atoms with van der Waals surface area (Å²) in [6.45, 7) is -0.475. The van der Waals surface area contributed by atoms with E-state index in [0.29, 0.717) is 0 Å². The molecule has 1 atom stereocenters. The Morgan fingerprint density at radius 1 is 1.39 bits per heavy atom. The first kappa shape index (κ1) is 13.8. The van der Waals surface area contributed by atoms with E-state index < -0.39 is 24.6 Å². The lowest BCUT2D eigenvalue weighted by molar-refractivity contribution is -0.142. The summed E-state index contributed by atoms with van der Waals surface area (Å²) in [4.78, 5) is 30.1. The fourth-order valence-corrected chi connectivity index (χ4v) is 1.14. The van der Waals surface area contributed by atoms with E-state index in [4.69, 9.17) is 5.11 Å². The second kappa shape index (κ2) is 6.50. The molecular formula is C10H13N3O5. The first-order valence-corrected chi connectivity index (χ1v) is 4.98. The largest absolute Gasteiger partial charge is 0.467 e. The van der Waals surface area contributed by atoms with Crippen molar-refractivity contribution < 1.29 is 24.2 Å². The van der Waals surface area contributed by atoms with E-state index >= 15 is 0 Å². The summed E-state index contributed by atoms with van der Waals surface area (Å²) in [5.41, 5.74) is -0.0101. The van der Waals surface area contributed by atoms with E-state index in [2.05, 4.69) is 24.8 Å². The molecule has 98 valence electrons. The van der Waals surface area contributed by atoms with Gasteiger partial charge in [0, 0.05) is 0 Å². The van der Waals surface area contributed by atoms with Gasteiger partial charge in [0.25, 0.3) is 0 Å². The highest BCUT2D eigenvalue weighted by molar-refractivity contribution is 5.87. The molecule has 0 bridgehead atoms. The Balaban J connectivity index is 2.84. The maximum absolute atomic E-state index is 11.2. The number of aliphatic hydroxyl groups excluding tert-OH is 1. The molecule has 0 radical (unpaired) electrons. The van der Waals surface area contributed by atoms with Crippen molar-refractivity contribution in [2.45, 2.75) is 6.04 Å². The van der Waals surface area contributed by atoms with Gasteiger partial charge in [-0.15, -0.1) is 0 Å². The van der Waals surface area contributed by atoms with Crippen molar-refractivity contribution in [2.24, 2.45) is 0 Å². The molecule has 0 saturated carbocycles. The van der Waals surface area contributed by atoms with Gasteiger partial charge >= 0.3 is 11.9 Å². The van der Waals surface area contributed by atoms with Crippen LogP contribution >= 0.6 is 0 Å². The molecule has 0 fully saturated rings. The molecule has 8 nitrogen and oxygen atoms in total. The van der Waals surface area contributed by atoms with Gasteiger partial charge in [0.05, 0.1) is 33.2 Å². The Hall–Kier alpha value is -2.22. The van der Waals surface area contributed by atoms with Gasteiger partial charge in [-0.25, -0.2) is 14.6 Å². The molecular weight excluding hydrogens is 242 g/mol. The van der Waals surface area contributed by atoms with Gasteiger partial charge in [0.15, 0.2) is 5.69 Å². The average Bonchev–Trinajstić information content (AvgIpc) is 2.43. The van der Waals surface area contributed by atoms with Crippen LogP contribution in [0.25, 0.3) is 0 Å². The Kier molecular flexibility index (Phi) is 5.00. The van der Waals surface area contributed by atoms with E-state index in [1.54, 1.807) is 0 Å². The van der Waals surface area contributed by atoms with Crippen molar-refractivity contribution in [1.29, 1.82) is 0 Å². The number of carbonyl (C=O) groups excluding carboxylic acids is 2.